The lowest BCUT2D eigenvalue weighted by Crippen LogP contribution is -1.97. The van der Waals surface area contributed by atoms with Crippen molar-refractivity contribution >= 4 is 12.0 Å². The maximum Gasteiger partial charge on any atom is 0.328 e. The second kappa shape index (κ2) is 5.78. The summed E-state index contributed by atoms with van der Waals surface area (Å²) in [5, 5.41) is 12.9. The highest BCUT2D eigenvalue weighted by atomic mass is 19.1. The van der Waals surface area contributed by atoms with Crippen LogP contribution in [0.4, 0.5) is 4.39 Å². The Kier molecular flexibility index (Phi) is 4.07. The first-order valence-electron chi connectivity index (χ1n) is 6.27. The van der Waals surface area contributed by atoms with Gasteiger partial charge in [-0.25, -0.2) is 13.9 Å². The molecule has 0 radical (unpaired) electrons. The standard InChI is InChI=1S/C15H15FN2O3/c1-9-4-5-11(16)8-13(9)21-15-12(6-7-14(19)20)10(2)17-18(15)3/h4-8H,1-3H3,(H,19,20)/b7-6+. The molecular formula is C15H15FN2O3. The van der Waals surface area contributed by atoms with Crippen molar-refractivity contribution in [2.45, 2.75) is 13.8 Å². The molecule has 1 aromatic carbocycles. The number of nitrogens with zero attached hydrogens (tertiary/aromatic N) is 2. The Hall–Kier alpha value is -2.63. The summed E-state index contributed by atoms with van der Waals surface area (Å²) in [4.78, 5) is 10.7. The van der Waals surface area contributed by atoms with E-state index in [1.54, 1.807) is 27.0 Å². The molecule has 0 aliphatic carbocycles. The van der Waals surface area contributed by atoms with Crippen LogP contribution in [0.3, 0.4) is 0 Å². The quantitative estimate of drug-likeness (QED) is 0.879. The zero-order valence-electron chi connectivity index (χ0n) is 11.9. The summed E-state index contributed by atoms with van der Waals surface area (Å²) in [5.41, 5.74) is 1.94. The Balaban J connectivity index is 2.44. The molecule has 5 nitrogen and oxygen atoms in total. The first kappa shape index (κ1) is 14.8. The van der Waals surface area contributed by atoms with E-state index < -0.39 is 11.8 Å². The fourth-order valence-electron chi connectivity index (χ4n) is 1.91. The number of carboxylic acids is 1. The summed E-state index contributed by atoms with van der Waals surface area (Å²) in [5.74, 6) is -0.745. The summed E-state index contributed by atoms with van der Waals surface area (Å²) in [6, 6.07) is 4.24. The minimum Gasteiger partial charge on any atom is -0.478 e. The van der Waals surface area contributed by atoms with Crippen molar-refractivity contribution in [1.29, 1.82) is 0 Å². The van der Waals surface area contributed by atoms with Crippen molar-refractivity contribution in [2.24, 2.45) is 7.05 Å². The molecule has 2 aromatic rings. The van der Waals surface area contributed by atoms with E-state index in [1.165, 1.54) is 22.9 Å². The van der Waals surface area contributed by atoms with Crippen molar-refractivity contribution in [3.8, 4) is 11.6 Å². The first-order chi connectivity index (χ1) is 9.88. The van der Waals surface area contributed by atoms with Crippen LogP contribution >= 0.6 is 0 Å². The number of benzene rings is 1. The number of aliphatic carboxylic acids is 1. The van der Waals surface area contributed by atoms with Gasteiger partial charge in [-0.1, -0.05) is 6.07 Å². The van der Waals surface area contributed by atoms with Gasteiger partial charge in [-0.05, 0) is 31.6 Å². The van der Waals surface area contributed by atoms with E-state index in [1.807, 2.05) is 0 Å². The van der Waals surface area contributed by atoms with E-state index in [4.69, 9.17) is 9.84 Å². The summed E-state index contributed by atoms with van der Waals surface area (Å²) in [7, 11) is 1.68. The molecule has 0 aliphatic heterocycles. The van der Waals surface area contributed by atoms with E-state index >= 15 is 0 Å². The first-order valence-corrected chi connectivity index (χ1v) is 6.27. The topological polar surface area (TPSA) is 64.3 Å². The van der Waals surface area contributed by atoms with Crippen LogP contribution in [0.5, 0.6) is 11.6 Å². The molecule has 0 spiro atoms. The van der Waals surface area contributed by atoms with Gasteiger partial charge in [0.1, 0.15) is 11.6 Å². The predicted molar refractivity (Wildman–Crippen MR) is 75.8 cm³/mol. The molecule has 6 heteroatoms. The number of aromatic nitrogens is 2. The third-order valence-electron chi connectivity index (χ3n) is 2.96. The molecule has 0 unspecified atom stereocenters. The van der Waals surface area contributed by atoms with Crippen molar-refractivity contribution in [3.05, 3.63) is 46.9 Å². The van der Waals surface area contributed by atoms with Crippen molar-refractivity contribution in [1.82, 2.24) is 9.78 Å². The van der Waals surface area contributed by atoms with Gasteiger partial charge in [0, 0.05) is 19.2 Å². The highest BCUT2D eigenvalue weighted by Gasteiger charge is 2.15. The molecule has 2 rings (SSSR count). The van der Waals surface area contributed by atoms with Gasteiger partial charge < -0.3 is 9.84 Å². The Morgan fingerprint density at radius 2 is 2.14 bits per heavy atom. The molecule has 1 aromatic heterocycles. The van der Waals surface area contributed by atoms with Crippen molar-refractivity contribution in [3.63, 3.8) is 0 Å². The van der Waals surface area contributed by atoms with E-state index in [0.717, 1.165) is 11.6 Å². The van der Waals surface area contributed by atoms with Gasteiger partial charge in [0.25, 0.3) is 0 Å². The summed E-state index contributed by atoms with van der Waals surface area (Å²) >= 11 is 0. The van der Waals surface area contributed by atoms with Crippen LogP contribution < -0.4 is 4.74 Å². The molecule has 0 bridgehead atoms. The number of hydrogen-bond acceptors (Lipinski definition) is 3. The smallest absolute Gasteiger partial charge is 0.328 e. The van der Waals surface area contributed by atoms with Crippen LogP contribution in [-0.4, -0.2) is 20.9 Å². The van der Waals surface area contributed by atoms with E-state index in [9.17, 15) is 9.18 Å². The average molecular weight is 290 g/mol. The number of carbonyl (C=O) groups is 1. The minimum absolute atomic E-state index is 0.360. The second-order valence-corrected chi connectivity index (χ2v) is 4.61. The van der Waals surface area contributed by atoms with Crippen LogP contribution in [-0.2, 0) is 11.8 Å². The van der Waals surface area contributed by atoms with Crippen LogP contribution in [0, 0.1) is 19.7 Å². The van der Waals surface area contributed by atoms with Crippen LogP contribution in [0.2, 0.25) is 0 Å². The third kappa shape index (κ3) is 3.28. The summed E-state index contributed by atoms with van der Waals surface area (Å²) in [6.45, 7) is 3.54. The molecule has 21 heavy (non-hydrogen) atoms. The van der Waals surface area contributed by atoms with Gasteiger partial charge in [0.15, 0.2) is 0 Å². The summed E-state index contributed by atoms with van der Waals surface area (Å²) < 4.78 is 20.5. The number of rotatable bonds is 4. The molecule has 1 heterocycles. The fraction of sp³-hybridized carbons (Fsp3) is 0.200. The zero-order chi connectivity index (χ0) is 15.6. The molecular weight excluding hydrogens is 275 g/mol. The van der Waals surface area contributed by atoms with Gasteiger partial charge >= 0.3 is 5.97 Å². The summed E-state index contributed by atoms with van der Waals surface area (Å²) in [6.07, 6.45) is 2.42. The Bertz CT molecular complexity index is 720. The second-order valence-electron chi connectivity index (χ2n) is 4.61. The zero-order valence-corrected chi connectivity index (χ0v) is 11.9. The molecule has 0 amide bonds. The van der Waals surface area contributed by atoms with Gasteiger partial charge in [0.2, 0.25) is 5.88 Å². The fourth-order valence-corrected chi connectivity index (χ4v) is 1.91. The minimum atomic E-state index is -1.06. The Labute approximate surface area is 121 Å². The van der Waals surface area contributed by atoms with E-state index in [2.05, 4.69) is 5.10 Å². The molecule has 0 atom stereocenters. The normalized spacial score (nSPS) is 11.0. The van der Waals surface area contributed by atoms with Gasteiger partial charge in [0.05, 0.1) is 11.3 Å². The molecule has 0 saturated carbocycles. The Morgan fingerprint density at radius 1 is 1.43 bits per heavy atom. The predicted octanol–water partition coefficient (Wildman–Crippen LogP) is 3.07. The van der Waals surface area contributed by atoms with Crippen molar-refractivity contribution in [2.75, 3.05) is 0 Å². The lowest BCUT2D eigenvalue weighted by Gasteiger charge is -2.09. The lowest BCUT2D eigenvalue weighted by atomic mass is 10.2. The number of carboxylic acid groups (broad SMARTS) is 1. The maximum absolute atomic E-state index is 13.3. The number of ether oxygens (including phenoxy) is 1. The average Bonchev–Trinajstić information content (AvgIpc) is 2.66. The maximum atomic E-state index is 13.3. The largest absolute Gasteiger partial charge is 0.478 e. The van der Waals surface area contributed by atoms with Crippen LogP contribution in [0.1, 0.15) is 16.8 Å². The van der Waals surface area contributed by atoms with Crippen LogP contribution in [0.15, 0.2) is 24.3 Å². The molecule has 0 fully saturated rings. The van der Waals surface area contributed by atoms with E-state index in [0.29, 0.717) is 22.9 Å². The Morgan fingerprint density at radius 3 is 2.81 bits per heavy atom. The molecule has 110 valence electrons. The third-order valence-corrected chi connectivity index (χ3v) is 2.96. The molecule has 0 saturated heterocycles. The lowest BCUT2D eigenvalue weighted by molar-refractivity contribution is -0.131. The van der Waals surface area contributed by atoms with Gasteiger partial charge in [-0.2, -0.15) is 5.10 Å². The number of hydrogen-bond donors (Lipinski definition) is 1. The highest BCUT2D eigenvalue weighted by Crippen LogP contribution is 2.30. The SMILES string of the molecule is Cc1ccc(F)cc1Oc1c(/C=C/C(=O)O)c(C)nn1C. The van der Waals surface area contributed by atoms with Gasteiger partial charge in [-0.3, -0.25) is 0 Å². The van der Waals surface area contributed by atoms with Crippen molar-refractivity contribution < 1.29 is 19.0 Å². The van der Waals surface area contributed by atoms with E-state index in [-0.39, 0.29) is 0 Å². The number of aryl methyl sites for hydroxylation is 3. The molecule has 0 aliphatic rings. The molecule has 1 N–H and O–H groups in total. The van der Waals surface area contributed by atoms with Crippen LogP contribution in [0.25, 0.3) is 6.08 Å². The highest BCUT2D eigenvalue weighted by molar-refractivity contribution is 5.86. The number of halogens is 1. The monoisotopic (exact) mass is 290 g/mol. The van der Waals surface area contributed by atoms with Gasteiger partial charge in [-0.15, -0.1) is 0 Å².